The third-order valence-corrected chi connectivity index (χ3v) is 1.93. The predicted octanol–water partition coefficient (Wildman–Crippen LogP) is 1.29. The molecule has 0 saturated heterocycles. The van der Waals surface area contributed by atoms with E-state index in [0.29, 0.717) is 5.56 Å². The second-order valence-corrected chi connectivity index (χ2v) is 2.71. The van der Waals surface area contributed by atoms with Crippen molar-refractivity contribution in [3.8, 4) is 5.75 Å². The van der Waals surface area contributed by atoms with E-state index in [1.54, 1.807) is 46.0 Å². The van der Waals surface area contributed by atoms with Crippen LogP contribution in [-0.4, -0.2) is 18.7 Å². The van der Waals surface area contributed by atoms with E-state index in [0.717, 1.165) is 5.75 Å². The van der Waals surface area contributed by atoms with Crippen LogP contribution >= 0.6 is 8.86 Å². The first-order valence-corrected chi connectivity index (χ1v) is 4.40. The number of hydrogen-bond acceptors (Lipinski definition) is 2. The molecule has 0 aliphatic rings. The standard InChI is InChI=1S/C9H11O2P/c1-11-8-4-2-7(3-5-8)9(10)6-12/h2-6H,1,12H3. The number of carbonyl (C=O) groups is 1. The van der Waals surface area contributed by atoms with Crippen LogP contribution in [0.2, 0.25) is 0 Å². The van der Waals surface area contributed by atoms with Gasteiger partial charge < -0.3 is 4.74 Å². The Morgan fingerprint density at radius 3 is 2.42 bits per heavy atom. The molecule has 0 spiro atoms. The highest BCUT2D eigenvalue weighted by atomic mass is 31.0. The lowest BCUT2D eigenvalue weighted by atomic mass is 10.1. The maximum absolute atomic E-state index is 11.1. The minimum Gasteiger partial charge on any atom is -0.497 e. The van der Waals surface area contributed by atoms with Crippen molar-refractivity contribution >= 4 is 20.4 Å². The quantitative estimate of drug-likeness (QED) is 0.520. The van der Waals surface area contributed by atoms with Crippen molar-refractivity contribution in [2.24, 2.45) is 0 Å². The zero-order valence-electron chi connectivity index (χ0n) is 6.91. The minimum absolute atomic E-state index is 0.0518. The predicted molar refractivity (Wildman–Crippen MR) is 54.5 cm³/mol. The molecule has 1 unspecified atom stereocenters. The number of ketones is 1. The summed E-state index contributed by atoms with van der Waals surface area (Å²) in [4.78, 5) is 11.1. The molecule has 0 amide bonds. The van der Waals surface area contributed by atoms with Crippen molar-refractivity contribution in [2.45, 2.75) is 0 Å². The van der Waals surface area contributed by atoms with E-state index < -0.39 is 0 Å². The third kappa shape index (κ3) is 1.99. The molecule has 0 radical (unpaired) electrons. The smallest absolute Gasteiger partial charge is 0.185 e. The summed E-state index contributed by atoms with van der Waals surface area (Å²) in [5.74, 6) is 2.39. The summed E-state index contributed by atoms with van der Waals surface area (Å²) in [6.07, 6.45) is 0. The molecule has 1 aromatic rings. The number of rotatable bonds is 3. The Kier molecular flexibility index (Phi) is 3.12. The van der Waals surface area contributed by atoms with Crippen LogP contribution < -0.4 is 4.74 Å². The van der Waals surface area contributed by atoms with Crippen molar-refractivity contribution in [2.75, 3.05) is 7.11 Å². The summed E-state index contributed by atoms with van der Waals surface area (Å²) in [7, 11) is 3.14. The van der Waals surface area contributed by atoms with Gasteiger partial charge in [-0.25, -0.2) is 0 Å². The number of ether oxygens (including phenoxy) is 1. The topological polar surface area (TPSA) is 26.3 Å². The second-order valence-electron chi connectivity index (χ2n) is 2.30. The summed E-state index contributed by atoms with van der Waals surface area (Å²) >= 11 is 0. The molecule has 0 aliphatic heterocycles. The fourth-order valence-corrected chi connectivity index (χ4v) is 1.11. The van der Waals surface area contributed by atoms with Gasteiger partial charge in [-0.1, -0.05) is 0 Å². The van der Waals surface area contributed by atoms with Gasteiger partial charge in [-0.2, -0.15) is 0 Å². The Bertz CT molecular complexity index is 290. The molecule has 0 aromatic heterocycles. The van der Waals surface area contributed by atoms with Crippen molar-refractivity contribution in [1.29, 1.82) is 0 Å². The number of benzene rings is 1. The highest BCUT2D eigenvalue weighted by Gasteiger charge is 1.99. The molecule has 12 heavy (non-hydrogen) atoms. The molecule has 0 N–H and O–H groups in total. The zero-order valence-corrected chi connectivity index (χ0v) is 8.32. The molecule has 0 bridgehead atoms. The van der Waals surface area contributed by atoms with E-state index in [4.69, 9.17) is 4.74 Å². The molecule has 0 saturated carbocycles. The Labute approximate surface area is 73.4 Å². The van der Waals surface area contributed by atoms with Crippen LogP contribution in [-0.2, 0) is 0 Å². The van der Waals surface area contributed by atoms with E-state index in [2.05, 4.69) is 0 Å². The average molecular weight is 182 g/mol. The Morgan fingerprint density at radius 2 is 2.00 bits per heavy atom. The molecular weight excluding hydrogens is 171 g/mol. The summed E-state index contributed by atoms with van der Waals surface area (Å²) in [6, 6.07) is 7.07. The minimum atomic E-state index is 0.0518. The van der Waals surface area contributed by atoms with Gasteiger partial charge >= 0.3 is 0 Å². The molecule has 0 aliphatic carbocycles. The van der Waals surface area contributed by atoms with Gasteiger partial charge in [-0.15, -0.1) is 8.86 Å². The molecule has 1 rings (SSSR count). The van der Waals surface area contributed by atoms with Crippen molar-refractivity contribution in [1.82, 2.24) is 0 Å². The summed E-state index contributed by atoms with van der Waals surface area (Å²) in [5.41, 5.74) is 0.700. The van der Waals surface area contributed by atoms with Gasteiger partial charge in [-0.05, 0) is 30.1 Å². The van der Waals surface area contributed by atoms with Gasteiger partial charge in [-0.3, -0.25) is 4.79 Å². The summed E-state index contributed by atoms with van der Waals surface area (Å²) in [5, 5.41) is 0. The maximum Gasteiger partial charge on any atom is 0.185 e. The molecule has 0 heterocycles. The first-order chi connectivity index (χ1) is 5.77. The van der Waals surface area contributed by atoms with Gasteiger partial charge in [0, 0.05) is 5.56 Å². The Balaban J connectivity index is 2.91. The lowest BCUT2D eigenvalue weighted by Gasteiger charge is -1.99. The summed E-state index contributed by atoms with van der Waals surface area (Å²) < 4.78 is 4.96. The fraction of sp³-hybridized carbons (Fsp3) is 0.111. The zero-order chi connectivity index (χ0) is 8.97. The summed E-state index contributed by atoms with van der Waals surface area (Å²) in [6.45, 7) is 0. The normalized spacial score (nSPS) is 9.42. The van der Waals surface area contributed by atoms with Crippen LogP contribution in [0, 0.1) is 0 Å². The molecule has 0 fully saturated rings. The van der Waals surface area contributed by atoms with Crippen molar-refractivity contribution < 1.29 is 9.53 Å². The monoisotopic (exact) mass is 182 g/mol. The van der Waals surface area contributed by atoms with Gasteiger partial charge in [0.05, 0.1) is 7.11 Å². The van der Waals surface area contributed by atoms with Crippen LogP contribution in [0.5, 0.6) is 5.75 Å². The molecule has 1 aromatic carbocycles. The van der Waals surface area contributed by atoms with Gasteiger partial charge in [0.25, 0.3) is 0 Å². The van der Waals surface area contributed by atoms with Crippen molar-refractivity contribution in [3.05, 3.63) is 29.8 Å². The lowest BCUT2D eigenvalue weighted by molar-refractivity contribution is 0.107. The Morgan fingerprint density at radius 1 is 1.42 bits per heavy atom. The Hall–Kier alpha value is -1.01. The van der Waals surface area contributed by atoms with Crippen LogP contribution in [0.3, 0.4) is 0 Å². The number of carbonyl (C=O) groups excluding carboxylic acids is 1. The van der Waals surface area contributed by atoms with E-state index in [9.17, 15) is 4.79 Å². The van der Waals surface area contributed by atoms with Gasteiger partial charge in [0.2, 0.25) is 0 Å². The van der Waals surface area contributed by atoms with Crippen LogP contribution in [0.15, 0.2) is 24.3 Å². The highest BCUT2D eigenvalue weighted by Crippen LogP contribution is 2.11. The fourth-order valence-electron chi connectivity index (χ4n) is 0.873. The SMILES string of the molecule is COc1ccc(C(=O)C=[PH3])cc1. The first-order valence-electron chi connectivity index (χ1n) is 3.58. The van der Waals surface area contributed by atoms with Gasteiger partial charge in [0.1, 0.15) is 5.75 Å². The molecular formula is C9H11O2P. The lowest BCUT2D eigenvalue weighted by Crippen LogP contribution is -1.97. The molecule has 2 nitrogen and oxygen atoms in total. The van der Waals surface area contributed by atoms with Crippen LogP contribution in [0.4, 0.5) is 0 Å². The third-order valence-electron chi connectivity index (χ3n) is 1.56. The number of hydrogen-bond donors (Lipinski definition) is 0. The average Bonchev–Trinajstić information content (AvgIpc) is 2.17. The van der Waals surface area contributed by atoms with Crippen LogP contribution in [0.1, 0.15) is 10.4 Å². The maximum atomic E-state index is 11.1. The largest absolute Gasteiger partial charge is 0.497 e. The van der Waals surface area contributed by atoms with E-state index >= 15 is 0 Å². The van der Waals surface area contributed by atoms with Crippen LogP contribution in [0.25, 0.3) is 0 Å². The number of methoxy groups -OCH3 is 1. The molecule has 3 heteroatoms. The van der Waals surface area contributed by atoms with Crippen molar-refractivity contribution in [3.63, 3.8) is 0 Å². The highest BCUT2D eigenvalue weighted by molar-refractivity contribution is 7.22. The first kappa shape index (κ1) is 9.08. The van der Waals surface area contributed by atoms with E-state index in [1.165, 1.54) is 0 Å². The van der Waals surface area contributed by atoms with E-state index in [1.807, 2.05) is 0 Å². The van der Waals surface area contributed by atoms with E-state index in [-0.39, 0.29) is 5.78 Å². The van der Waals surface area contributed by atoms with Gasteiger partial charge in [0.15, 0.2) is 5.78 Å². The molecule has 64 valence electrons. The second kappa shape index (κ2) is 4.13. The molecule has 1 atom stereocenters. The number of Topliss-reactive ketones (excluding diaryl/α,β-unsaturated/α-hetero) is 1.